The number of benzene rings is 3. The van der Waals surface area contributed by atoms with Gasteiger partial charge in [0.05, 0.1) is 5.56 Å². The lowest BCUT2D eigenvalue weighted by Crippen LogP contribution is -2.48. The maximum atomic E-state index is 11.3. The zero-order chi connectivity index (χ0) is 21.3. The molecule has 0 atom stereocenters. The van der Waals surface area contributed by atoms with E-state index in [0.29, 0.717) is 11.0 Å². The number of carboxylic acids is 1. The van der Waals surface area contributed by atoms with Crippen molar-refractivity contribution in [3.63, 3.8) is 0 Å². The van der Waals surface area contributed by atoms with E-state index in [4.69, 9.17) is 25.3 Å². The van der Waals surface area contributed by atoms with Gasteiger partial charge in [-0.25, -0.2) is 4.79 Å². The van der Waals surface area contributed by atoms with Crippen molar-refractivity contribution in [2.75, 3.05) is 0 Å². The molecule has 0 radical (unpaired) electrons. The molecule has 3 aromatic carbocycles. The maximum Gasteiger partial charge on any atom is 0.335 e. The number of thiol groups is 2. The normalized spacial score (nSPS) is 28.9. The van der Waals surface area contributed by atoms with E-state index in [1.807, 2.05) is 12.1 Å². The Hall–Kier alpha value is -1.91. The minimum absolute atomic E-state index is 0.300. The predicted molar refractivity (Wildman–Crippen MR) is 131 cm³/mol. The lowest BCUT2D eigenvalue weighted by molar-refractivity contribution is -0.00525. The second kappa shape index (κ2) is 7.05. The van der Waals surface area contributed by atoms with Gasteiger partial charge in [0.2, 0.25) is 0 Å². The molecule has 0 heterocycles. The Balaban J connectivity index is 1.45. The molecular weight excluding hydrogens is 420 g/mol. The van der Waals surface area contributed by atoms with Gasteiger partial charge in [0.25, 0.3) is 0 Å². The molecule has 158 valence electrons. The van der Waals surface area contributed by atoms with Crippen LogP contribution in [0.15, 0.2) is 58.3 Å². The van der Waals surface area contributed by atoms with E-state index in [0.717, 1.165) is 49.4 Å². The van der Waals surface area contributed by atoms with Crippen LogP contribution in [0.4, 0.5) is 0 Å². The van der Waals surface area contributed by atoms with Gasteiger partial charge in [-0.15, -0.1) is 25.3 Å². The lowest BCUT2D eigenvalue weighted by atomic mass is 9.48. The van der Waals surface area contributed by atoms with Crippen LogP contribution in [-0.4, -0.2) is 11.1 Å². The van der Waals surface area contributed by atoms with Crippen molar-refractivity contribution in [3.8, 4) is 11.1 Å². The summed E-state index contributed by atoms with van der Waals surface area (Å²) in [6, 6.07) is 16.2. The number of rotatable bonds is 3. The summed E-state index contributed by atoms with van der Waals surface area (Å²) in [5.74, 6) is 1.81. The number of fused-ring (bicyclic) bond motifs is 1. The quantitative estimate of drug-likeness (QED) is 0.371. The molecule has 0 amide bonds. The van der Waals surface area contributed by atoms with Crippen LogP contribution in [0, 0.1) is 17.8 Å². The number of carbonyl (C=O) groups is 1. The van der Waals surface area contributed by atoms with Crippen molar-refractivity contribution >= 4 is 42.0 Å². The fourth-order valence-electron chi connectivity index (χ4n) is 7.22. The van der Waals surface area contributed by atoms with Crippen LogP contribution >= 0.6 is 25.3 Å². The Morgan fingerprint density at radius 3 is 2.19 bits per heavy atom. The van der Waals surface area contributed by atoms with E-state index in [-0.39, 0.29) is 0 Å². The molecular formula is C27H26O2S2. The van der Waals surface area contributed by atoms with Gasteiger partial charge >= 0.3 is 5.97 Å². The molecule has 0 saturated heterocycles. The first kappa shape index (κ1) is 19.8. The van der Waals surface area contributed by atoms with E-state index in [2.05, 4.69) is 24.3 Å². The Morgan fingerprint density at radius 2 is 1.55 bits per heavy atom. The maximum absolute atomic E-state index is 11.3. The molecule has 3 aromatic rings. The van der Waals surface area contributed by atoms with Crippen LogP contribution in [0.25, 0.3) is 21.9 Å². The molecule has 1 N–H and O–H groups in total. The third-order valence-electron chi connectivity index (χ3n) is 8.12. The number of hydrogen-bond donors (Lipinski definition) is 3. The van der Waals surface area contributed by atoms with Gasteiger partial charge in [-0.05, 0) is 113 Å². The highest BCUT2D eigenvalue weighted by molar-refractivity contribution is 7.80. The van der Waals surface area contributed by atoms with Crippen molar-refractivity contribution in [2.45, 2.75) is 53.7 Å². The van der Waals surface area contributed by atoms with Crippen LogP contribution in [-0.2, 0) is 5.41 Å². The smallest absolute Gasteiger partial charge is 0.335 e. The third-order valence-corrected chi connectivity index (χ3v) is 8.86. The number of aromatic carboxylic acids is 1. The van der Waals surface area contributed by atoms with Gasteiger partial charge in [-0.3, -0.25) is 0 Å². The average Bonchev–Trinajstić information content (AvgIpc) is 2.72. The largest absolute Gasteiger partial charge is 0.478 e. The van der Waals surface area contributed by atoms with Crippen LogP contribution in [0.1, 0.15) is 54.4 Å². The first-order valence-electron chi connectivity index (χ1n) is 11.2. The van der Waals surface area contributed by atoms with Crippen molar-refractivity contribution in [2.24, 2.45) is 17.8 Å². The monoisotopic (exact) mass is 446 g/mol. The molecule has 4 aliphatic rings. The predicted octanol–water partition coefficient (Wildman–Crippen LogP) is 7.25. The molecule has 0 spiro atoms. The summed E-state index contributed by atoms with van der Waals surface area (Å²) in [7, 11) is 0. The summed E-state index contributed by atoms with van der Waals surface area (Å²) in [6.07, 6.45) is 8.32. The Morgan fingerprint density at radius 1 is 0.871 bits per heavy atom. The molecule has 7 rings (SSSR count). The minimum Gasteiger partial charge on any atom is -0.478 e. The number of hydrogen-bond acceptors (Lipinski definition) is 3. The molecule has 4 fully saturated rings. The Labute approximate surface area is 193 Å². The van der Waals surface area contributed by atoms with Gasteiger partial charge in [0, 0.05) is 9.79 Å². The van der Waals surface area contributed by atoms with Gasteiger partial charge < -0.3 is 5.11 Å². The Kier molecular flexibility index (Phi) is 4.49. The first-order chi connectivity index (χ1) is 14.9. The van der Waals surface area contributed by atoms with Crippen LogP contribution in [0.2, 0.25) is 0 Å². The average molecular weight is 447 g/mol. The van der Waals surface area contributed by atoms with Crippen LogP contribution in [0.3, 0.4) is 0 Å². The highest BCUT2D eigenvalue weighted by Gasteiger charge is 2.51. The van der Waals surface area contributed by atoms with E-state index >= 15 is 0 Å². The standard InChI is InChI=1S/C27H26O2S2/c28-26(29)19-2-4-23-18(8-19)1-3-24(25(23)31)20-9-21(11-22(30)10-20)27-12-15-5-16(13-27)7-17(6-15)14-27/h1-4,8-11,15-17,30-31H,5-7,12-14H2,(H,28,29). The van der Waals surface area contributed by atoms with E-state index in [9.17, 15) is 9.90 Å². The second-order valence-corrected chi connectivity index (χ2v) is 11.1. The molecule has 0 unspecified atom stereocenters. The summed E-state index contributed by atoms with van der Waals surface area (Å²) < 4.78 is 0. The van der Waals surface area contributed by atoms with Crippen molar-refractivity contribution in [1.82, 2.24) is 0 Å². The molecule has 4 aliphatic carbocycles. The first-order valence-corrected chi connectivity index (χ1v) is 12.1. The van der Waals surface area contributed by atoms with Gasteiger partial charge in [0.1, 0.15) is 0 Å². The summed E-state index contributed by atoms with van der Waals surface area (Å²) in [6.45, 7) is 0. The van der Waals surface area contributed by atoms with E-state index < -0.39 is 5.97 Å². The topological polar surface area (TPSA) is 37.3 Å². The fraction of sp³-hybridized carbons (Fsp3) is 0.370. The highest BCUT2D eigenvalue weighted by Crippen LogP contribution is 2.61. The molecule has 4 heteroatoms. The number of carboxylic acid groups (broad SMARTS) is 1. The minimum atomic E-state index is -0.908. The Bertz CT molecular complexity index is 1190. The molecule has 2 nitrogen and oxygen atoms in total. The molecule has 0 aromatic heterocycles. The van der Waals surface area contributed by atoms with E-state index in [1.165, 1.54) is 44.1 Å². The van der Waals surface area contributed by atoms with Crippen molar-refractivity contribution in [3.05, 3.63) is 59.7 Å². The SMILES string of the molecule is O=C(O)c1ccc2c(S)c(-c3cc(S)cc(C45CC6CC(CC(C6)C4)C5)c3)ccc2c1. The third kappa shape index (κ3) is 3.22. The van der Waals surface area contributed by atoms with Crippen LogP contribution in [0.5, 0.6) is 0 Å². The van der Waals surface area contributed by atoms with Gasteiger partial charge in [0.15, 0.2) is 0 Å². The molecule has 4 saturated carbocycles. The van der Waals surface area contributed by atoms with Crippen molar-refractivity contribution < 1.29 is 9.90 Å². The lowest BCUT2D eigenvalue weighted by Gasteiger charge is -2.57. The highest BCUT2D eigenvalue weighted by atomic mass is 32.1. The summed E-state index contributed by atoms with van der Waals surface area (Å²) >= 11 is 9.67. The molecule has 0 aliphatic heterocycles. The summed E-state index contributed by atoms with van der Waals surface area (Å²) in [4.78, 5) is 13.2. The summed E-state index contributed by atoms with van der Waals surface area (Å²) in [5, 5.41) is 11.2. The molecule has 4 bridgehead atoms. The zero-order valence-electron chi connectivity index (χ0n) is 17.3. The van der Waals surface area contributed by atoms with Crippen LogP contribution < -0.4 is 0 Å². The second-order valence-electron chi connectivity index (χ2n) is 10.2. The van der Waals surface area contributed by atoms with Gasteiger partial charge in [-0.2, -0.15) is 0 Å². The zero-order valence-corrected chi connectivity index (χ0v) is 19.1. The fourth-order valence-corrected chi connectivity index (χ4v) is 7.90. The van der Waals surface area contributed by atoms with Crippen molar-refractivity contribution in [1.29, 1.82) is 0 Å². The summed E-state index contributed by atoms with van der Waals surface area (Å²) in [5.41, 5.74) is 4.33. The van der Waals surface area contributed by atoms with Gasteiger partial charge in [-0.1, -0.05) is 24.3 Å². The molecule has 31 heavy (non-hydrogen) atoms. The van der Waals surface area contributed by atoms with E-state index in [1.54, 1.807) is 12.1 Å².